The molecule has 3 aromatic carbocycles. The normalized spacial score (nSPS) is 10.5. The maximum Gasteiger partial charge on any atom is 0.324 e. The Morgan fingerprint density at radius 2 is 1.76 bits per heavy atom. The van der Waals surface area contributed by atoms with Gasteiger partial charge in [-0.2, -0.15) is 0 Å². The van der Waals surface area contributed by atoms with Crippen molar-refractivity contribution in [1.29, 1.82) is 0 Å². The Bertz CT molecular complexity index is 1160. The van der Waals surface area contributed by atoms with Gasteiger partial charge in [-0.25, -0.2) is 14.2 Å². The lowest BCUT2D eigenvalue weighted by atomic mass is 10.1. The Morgan fingerprint density at radius 1 is 0.931 bits per heavy atom. The molecule has 2 amide bonds. The highest BCUT2D eigenvalue weighted by molar-refractivity contribution is 6.06. The summed E-state index contributed by atoms with van der Waals surface area (Å²) < 4.78 is 19.1. The Labute approximate surface area is 167 Å². The molecule has 0 aliphatic rings. The van der Waals surface area contributed by atoms with Crippen LogP contribution in [0, 0.1) is 5.82 Å². The number of carbonyl (C=O) groups is 1. The molecule has 0 aliphatic carbocycles. The van der Waals surface area contributed by atoms with Crippen LogP contribution >= 0.6 is 0 Å². The number of carbonyl (C=O) groups excluding carboxylic acids is 1. The Balaban J connectivity index is 1.47. The van der Waals surface area contributed by atoms with E-state index in [9.17, 15) is 9.18 Å². The lowest BCUT2D eigenvalue weighted by Crippen LogP contribution is -2.20. The van der Waals surface area contributed by atoms with Crippen molar-refractivity contribution in [1.82, 2.24) is 4.98 Å². The van der Waals surface area contributed by atoms with Gasteiger partial charge in [0.25, 0.3) is 0 Å². The van der Waals surface area contributed by atoms with E-state index in [4.69, 9.17) is 4.74 Å². The molecule has 0 radical (unpaired) electrons. The molecule has 4 rings (SSSR count). The number of rotatable bonds is 5. The number of pyridine rings is 1. The maximum absolute atomic E-state index is 13.3. The molecule has 2 N–H and O–H groups in total. The molecular weight excluding hydrogens is 369 g/mol. The third kappa shape index (κ3) is 4.50. The minimum Gasteiger partial charge on any atom is -0.485 e. The van der Waals surface area contributed by atoms with Gasteiger partial charge in [0.15, 0.2) is 11.6 Å². The summed E-state index contributed by atoms with van der Waals surface area (Å²) in [6, 6.07) is 22.6. The number of hydrogen-bond donors (Lipinski definition) is 2. The van der Waals surface area contributed by atoms with E-state index in [1.165, 1.54) is 12.1 Å². The lowest BCUT2D eigenvalue weighted by molar-refractivity contribution is 0.261. The molecule has 0 saturated heterocycles. The van der Waals surface area contributed by atoms with Gasteiger partial charge in [-0.15, -0.1) is 0 Å². The molecule has 1 aromatic heterocycles. The van der Waals surface area contributed by atoms with Crippen LogP contribution in [0.5, 0.6) is 5.75 Å². The van der Waals surface area contributed by atoms with Crippen molar-refractivity contribution in [2.45, 2.75) is 6.61 Å². The standard InChI is InChI=1S/C23H18FN3O2/c24-18-9-3-6-16(14-18)15-29-21-12-5-13-25-22(21)27-23(28)26-20-11-4-8-17-7-1-2-10-19(17)20/h1-14H,15H2,(H2,25,26,27,28). The van der Waals surface area contributed by atoms with Crippen molar-refractivity contribution in [3.63, 3.8) is 0 Å². The predicted molar refractivity (Wildman–Crippen MR) is 112 cm³/mol. The maximum atomic E-state index is 13.3. The van der Waals surface area contributed by atoms with Crippen LogP contribution in [0.2, 0.25) is 0 Å². The number of nitrogens with one attached hydrogen (secondary N) is 2. The molecule has 0 fully saturated rings. The van der Waals surface area contributed by atoms with Gasteiger partial charge in [-0.1, -0.05) is 48.5 Å². The topological polar surface area (TPSA) is 63.2 Å². The smallest absolute Gasteiger partial charge is 0.324 e. The van der Waals surface area contributed by atoms with E-state index in [1.54, 1.807) is 30.5 Å². The highest BCUT2D eigenvalue weighted by Gasteiger charge is 2.11. The zero-order valence-electron chi connectivity index (χ0n) is 15.4. The molecular formula is C23H18FN3O2. The van der Waals surface area contributed by atoms with Crippen LogP contribution in [0.15, 0.2) is 85.1 Å². The van der Waals surface area contributed by atoms with Crippen LogP contribution in [0.1, 0.15) is 5.56 Å². The number of benzene rings is 3. The second kappa shape index (κ2) is 8.39. The van der Waals surface area contributed by atoms with Crippen LogP contribution in [0.4, 0.5) is 20.7 Å². The van der Waals surface area contributed by atoms with E-state index in [2.05, 4.69) is 15.6 Å². The first kappa shape index (κ1) is 18.4. The van der Waals surface area contributed by atoms with Gasteiger partial charge < -0.3 is 10.1 Å². The van der Waals surface area contributed by atoms with Crippen LogP contribution in [-0.2, 0) is 6.61 Å². The van der Waals surface area contributed by atoms with Crippen molar-refractivity contribution in [3.8, 4) is 5.75 Å². The van der Waals surface area contributed by atoms with E-state index in [1.807, 2.05) is 42.5 Å². The first-order chi connectivity index (χ1) is 14.2. The van der Waals surface area contributed by atoms with Crippen LogP contribution < -0.4 is 15.4 Å². The van der Waals surface area contributed by atoms with E-state index >= 15 is 0 Å². The number of ether oxygens (including phenoxy) is 1. The molecule has 5 nitrogen and oxygen atoms in total. The number of halogens is 1. The second-order valence-corrected chi connectivity index (χ2v) is 6.37. The summed E-state index contributed by atoms with van der Waals surface area (Å²) in [6.07, 6.45) is 1.56. The predicted octanol–water partition coefficient (Wildman–Crippen LogP) is 5.60. The van der Waals surface area contributed by atoms with Gasteiger partial charge in [-0.05, 0) is 41.3 Å². The molecule has 6 heteroatoms. The van der Waals surface area contributed by atoms with Crippen LogP contribution in [-0.4, -0.2) is 11.0 Å². The number of urea groups is 1. The number of nitrogens with zero attached hydrogens (tertiary/aromatic N) is 1. The largest absolute Gasteiger partial charge is 0.485 e. The van der Waals surface area contributed by atoms with Crippen molar-refractivity contribution >= 4 is 28.3 Å². The molecule has 29 heavy (non-hydrogen) atoms. The van der Waals surface area contributed by atoms with E-state index in [0.29, 0.717) is 17.0 Å². The van der Waals surface area contributed by atoms with Crippen molar-refractivity contribution in [2.24, 2.45) is 0 Å². The minimum absolute atomic E-state index is 0.156. The molecule has 144 valence electrons. The number of amides is 2. The quantitative estimate of drug-likeness (QED) is 0.469. The molecule has 0 atom stereocenters. The highest BCUT2D eigenvalue weighted by atomic mass is 19.1. The summed E-state index contributed by atoms with van der Waals surface area (Å²) in [5.74, 6) is 0.344. The highest BCUT2D eigenvalue weighted by Crippen LogP contribution is 2.25. The summed E-state index contributed by atoms with van der Waals surface area (Å²) in [7, 11) is 0. The van der Waals surface area contributed by atoms with Crippen molar-refractivity contribution in [2.75, 3.05) is 10.6 Å². The molecule has 0 spiro atoms. The Morgan fingerprint density at radius 3 is 2.66 bits per heavy atom. The van der Waals surface area contributed by atoms with Crippen LogP contribution in [0.3, 0.4) is 0 Å². The fourth-order valence-electron chi connectivity index (χ4n) is 2.98. The average molecular weight is 387 g/mol. The number of hydrogen-bond acceptors (Lipinski definition) is 3. The molecule has 0 bridgehead atoms. The summed E-state index contributed by atoms with van der Waals surface area (Å²) in [4.78, 5) is 16.7. The number of fused-ring (bicyclic) bond motifs is 1. The van der Waals surface area contributed by atoms with Gasteiger partial charge in [0.2, 0.25) is 0 Å². The Hall–Kier alpha value is -3.93. The molecule has 1 heterocycles. The third-order valence-electron chi connectivity index (χ3n) is 4.32. The molecule has 0 unspecified atom stereocenters. The summed E-state index contributed by atoms with van der Waals surface area (Å²) >= 11 is 0. The molecule has 0 saturated carbocycles. The van der Waals surface area contributed by atoms with Gasteiger partial charge in [-0.3, -0.25) is 5.32 Å². The van der Waals surface area contributed by atoms with E-state index in [0.717, 1.165) is 10.8 Å². The molecule has 4 aromatic rings. The summed E-state index contributed by atoms with van der Waals surface area (Å²) in [5.41, 5.74) is 1.37. The fraction of sp³-hybridized carbons (Fsp3) is 0.0435. The minimum atomic E-state index is -0.435. The van der Waals surface area contributed by atoms with Crippen molar-refractivity contribution in [3.05, 3.63) is 96.4 Å². The van der Waals surface area contributed by atoms with E-state index in [-0.39, 0.29) is 18.2 Å². The average Bonchev–Trinajstić information content (AvgIpc) is 2.73. The van der Waals surface area contributed by atoms with Gasteiger partial charge in [0.05, 0.1) is 5.69 Å². The van der Waals surface area contributed by atoms with Gasteiger partial charge in [0, 0.05) is 11.6 Å². The zero-order valence-corrected chi connectivity index (χ0v) is 15.4. The van der Waals surface area contributed by atoms with Gasteiger partial charge in [0.1, 0.15) is 12.4 Å². The number of aromatic nitrogens is 1. The number of anilines is 2. The zero-order chi connectivity index (χ0) is 20.1. The second-order valence-electron chi connectivity index (χ2n) is 6.37. The Kier molecular flexibility index (Phi) is 5.33. The lowest BCUT2D eigenvalue weighted by Gasteiger charge is -2.13. The van der Waals surface area contributed by atoms with Crippen LogP contribution in [0.25, 0.3) is 10.8 Å². The SMILES string of the molecule is O=C(Nc1ncccc1OCc1cccc(F)c1)Nc1cccc2ccccc12. The van der Waals surface area contributed by atoms with Crippen molar-refractivity contribution < 1.29 is 13.9 Å². The first-order valence-electron chi connectivity index (χ1n) is 9.07. The van der Waals surface area contributed by atoms with E-state index < -0.39 is 6.03 Å². The van der Waals surface area contributed by atoms with Gasteiger partial charge >= 0.3 is 6.03 Å². The monoisotopic (exact) mass is 387 g/mol. The summed E-state index contributed by atoms with van der Waals surface area (Å²) in [6.45, 7) is 0.156. The third-order valence-corrected chi connectivity index (χ3v) is 4.32. The molecule has 0 aliphatic heterocycles. The fourth-order valence-corrected chi connectivity index (χ4v) is 2.98. The summed E-state index contributed by atoms with van der Waals surface area (Å²) in [5, 5.41) is 7.53. The first-order valence-corrected chi connectivity index (χ1v) is 9.07.